The first kappa shape index (κ1) is 52.4. The Kier molecular flexibility index (Phi) is 28.9. The molecule has 0 heterocycles. The number of hydrogen-bond donors (Lipinski definition) is 8. The lowest BCUT2D eigenvalue weighted by Crippen LogP contribution is -2.64. The van der Waals surface area contributed by atoms with E-state index in [1.165, 1.54) is 51.4 Å². The Morgan fingerprint density at radius 3 is 1.44 bits per heavy atom. The minimum Gasteiger partial charge on any atom is -0.462 e. The number of unbranched alkanes of at least 4 members (excludes halogenated alkanes) is 19. The number of hydrogen-bond acceptors (Lipinski definition) is 14. The van der Waals surface area contributed by atoms with Crippen LogP contribution in [0.15, 0.2) is 0 Å². The van der Waals surface area contributed by atoms with Crippen molar-refractivity contribution in [3.63, 3.8) is 0 Å². The summed E-state index contributed by atoms with van der Waals surface area (Å²) in [6.07, 6.45) is 7.97. The summed E-state index contributed by atoms with van der Waals surface area (Å²) in [5.74, 6) is -0.331. The molecule has 0 aliphatic heterocycles. The Balaban J connectivity index is 2.66. The molecule has 0 saturated heterocycles. The molecular weight excluding hydrogens is 782 g/mol. The summed E-state index contributed by atoms with van der Waals surface area (Å²) in [5, 5.41) is 41.0. The molecule has 4 unspecified atom stereocenters. The average Bonchev–Trinajstić information content (AvgIpc) is 3.13. The van der Waals surface area contributed by atoms with E-state index in [0.717, 1.165) is 76.4 Å². The summed E-state index contributed by atoms with van der Waals surface area (Å²) in [4.78, 5) is 53.9. The van der Waals surface area contributed by atoms with Crippen molar-refractivity contribution < 1.29 is 76.9 Å². The third-order valence-electron chi connectivity index (χ3n) is 9.49. The molecule has 326 valence electrons. The quantitative estimate of drug-likeness (QED) is 0.0165. The number of phosphoric ester groups is 2. The van der Waals surface area contributed by atoms with Gasteiger partial charge in [0.05, 0.1) is 6.61 Å². The van der Waals surface area contributed by atoms with Crippen LogP contribution in [0.25, 0.3) is 0 Å². The first-order valence-electron chi connectivity index (χ1n) is 20.2. The van der Waals surface area contributed by atoms with E-state index in [1.807, 2.05) is 0 Å². The van der Waals surface area contributed by atoms with Crippen molar-refractivity contribution in [2.45, 2.75) is 197 Å². The lowest BCUT2D eigenvalue weighted by atomic mass is 9.85. The van der Waals surface area contributed by atoms with Gasteiger partial charge in [0.1, 0.15) is 43.2 Å². The van der Waals surface area contributed by atoms with Crippen molar-refractivity contribution in [1.29, 1.82) is 0 Å². The molecule has 0 radical (unpaired) electrons. The Bertz CT molecular complexity index is 1110. The molecule has 1 saturated carbocycles. The van der Waals surface area contributed by atoms with Crippen LogP contribution in [0.5, 0.6) is 0 Å². The minimum atomic E-state index is -5.35. The fourth-order valence-corrected chi connectivity index (χ4v) is 8.06. The highest BCUT2D eigenvalue weighted by Gasteiger charge is 2.54. The Labute approximate surface area is 332 Å². The van der Waals surface area contributed by atoms with Crippen molar-refractivity contribution in [2.24, 2.45) is 0 Å². The van der Waals surface area contributed by atoms with Gasteiger partial charge in [0, 0.05) is 12.8 Å². The first-order chi connectivity index (χ1) is 26.1. The van der Waals surface area contributed by atoms with E-state index in [1.54, 1.807) is 0 Å². The molecule has 55 heavy (non-hydrogen) atoms. The number of carbonyl (C=O) groups excluding carboxylic acids is 2. The van der Waals surface area contributed by atoms with Crippen molar-refractivity contribution in [3.05, 3.63) is 0 Å². The maximum Gasteiger partial charge on any atom is 0.472 e. The van der Waals surface area contributed by atoms with Crippen LogP contribution in [-0.4, -0.2) is 109 Å². The molecule has 1 aliphatic carbocycles. The zero-order chi connectivity index (χ0) is 41.1. The molecule has 1 aliphatic rings. The van der Waals surface area contributed by atoms with Gasteiger partial charge in [-0.05, 0) is 25.0 Å². The van der Waals surface area contributed by atoms with Gasteiger partial charge < -0.3 is 44.6 Å². The van der Waals surface area contributed by atoms with Crippen LogP contribution < -0.4 is 0 Å². The number of rotatable bonds is 34. The average molecular weight is 853 g/mol. The molecule has 0 aromatic heterocycles. The molecule has 0 spiro atoms. The van der Waals surface area contributed by atoms with Crippen LogP contribution in [0.1, 0.15) is 155 Å². The van der Waals surface area contributed by atoms with Crippen molar-refractivity contribution in [2.75, 3.05) is 19.0 Å². The Hall–Kier alpha value is -0.650. The molecule has 19 heteroatoms. The Morgan fingerprint density at radius 1 is 0.564 bits per heavy atom. The van der Waals surface area contributed by atoms with Gasteiger partial charge in [-0.3, -0.25) is 23.2 Å². The molecule has 0 bridgehead atoms. The Morgan fingerprint density at radius 2 is 0.982 bits per heavy atom. The van der Waals surface area contributed by atoms with Gasteiger partial charge >= 0.3 is 27.6 Å². The van der Waals surface area contributed by atoms with Gasteiger partial charge in [0.25, 0.3) is 0 Å². The van der Waals surface area contributed by atoms with E-state index in [9.17, 15) is 44.0 Å². The van der Waals surface area contributed by atoms with E-state index >= 15 is 0 Å². The van der Waals surface area contributed by atoms with Gasteiger partial charge in [-0.15, -0.1) is 0 Å². The third-order valence-corrected chi connectivity index (χ3v) is 11.3. The van der Waals surface area contributed by atoms with Crippen LogP contribution in [0.4, 0.5) is 0 Å². The number of phosphoric acid groups is 2. The monoisotopic (exact) mass is 852 g/mol. The standard InChI is InChI=1S/C36H70O16P2S/c1-2-3-4-5-6-7-8-9-10-11-15-18-21-24-30(38)50-28(26-48-29(37)23-20-17-14-12-13-16-19-22-25-55)27-49-54(46,47)52-36-33(41)31(39)32(40)35(34(36)42)51-53(43,44)45/h28,31-36,39-42,55H,2-27H2,1H3,(H,46,47)(H2,43,44,45)/t28-,31+,32?,33?,34-,35-,36?/m1/s1. The largest absolute Gasteiger partial charge is 0.472 e. The van der Waals surface area contributed by atoms with Crippen molar-refractivity contribution in [1.82, 2.24) is 0 Å². The van der Waals surface area contributed by atoms with Crippen molar-refractivity contribution in [3.8, 4) is 0 Å². The van der Waals surface area contributed by atoms with Crippen LogP contribution in [0.3, 0.4) is 0 Å². The summed E-state index contributed by atoms with van der Waals surface area (Å²) in [6.45, 7) is 0.873. The zero-order valence-electron chi connectivity index (χ0n) is 32.6. The number of ether oxygens (including phenoxy) is 2. The third kappa shape index (κ3) is 25.4. The maximum absolute atomic E-state index is 12.9. The van der Waals surface area contributed by atoms with E-state index < -0.39 is 83.5 Å². The highest BCUT2D eigenvalue weighted by molar-refractivity contribution is 7.80. The first-order valence-corrected chi connectivity index (χ1v) is 23.9. The van der Waals surface area contributed by atoms with Crippen molar-refractivity contribution >= 4 is 40.2 Å². The molecule has 0 aromatic carbocycles. The second-order valence-corrected chi connectivity index (χ2v) is 17.5. The second kappa shape index (κ2) is 30.4. The van der Waals surface area contributed by atoms with Gasteiger partial charge in [0.2, 0.25) is 0 Å². The summed E-state index contributed by atoms with van der Waals surface area (Å²) in [5.41, 5.74) is 0. The topological polar surface area (TPSA) is 256 Å². The highest BCUT2D eigenvalue weighted by Crippen LogP contribution is 2.49. The van der Waals surface area contributed by atoms with E-state index in [2.05, 4.69) is 24.1 Å². The molecule has 16 nitrogen and oxygen atoms in total. The normalized spacial score (nSPS) is 23.3. The fourth-order valence-electron chi connectivity index (χ4n) is 6.30. The van der Waals surface area contributed by atoms with Gasteiger partial charge in [0.15, 0.2) is 6.10 Å². The molecule has 0 aromatic rings. The number of thiol groups is 1. The lowest BCUT2D eigenvalue weighted by molar-refractivity contribution is -0.216. The number of carbonyl (C=O) groups is 2. The maximum atomic E-state index is 12.9. The molecule has 7 N–H and O–H groups in total. The van der Waals surface area contributed by atoms with Crippen LogP contribution in [-0.2, 0) is 41.8 Å². The van der Waals surface area contributed by atoms with E-state index in [4.69, 9.17) is 28.3 Å². The second-order valence-electron chi connectivity index (χ2n) is 14.4. The predicted molar refractivity (Wildman–Crippen MR) is 208 cm³/mol. The van der Waals surface area contributed by atoms with Crippen LogP contribution >= 0.6 is 28.3 Å². The van der Waals surface area contributed by atoms with E-state index in [-0.39, 0.29) is 12.8 Å². The molecule has 8 atom stereocenters. The molecule has 1 fully saturated rings. The van der Waals surface area contributed by atoms with Gasteiger partial charge in [-0.25, -0.2) is 9.13 Å². The lowest BCUT2D eigenvalue weighted by Gasteiger charge is -2.43. The SMILES string of the molecule is CCCCCCCCCCCCCCCC(=O)O[C@H](COC(=O)CCCCCCCCCCS)COP(=O)(O)OC1C(O)[C@@H](O)C(O)[C@@H](OP(=O)(O)O)[C@H]1O. The summed E-state index contributed by atoms with van der Waals surface area (Å²) >= 11 is 4.21. The van der Waals surface area contributed by atoms with Gasteiger partial charge in [-0.1, -0.05) is 122 Å². The highest BCUT2D eigenvalue weighted by atomic mass is 32.1. The smallest absolute Gasteiger partial charge is 0.462 e. The number of aliphatic hydroxyl groups is 4. The fraction of sp³-hybridized carbons (Fsp3) is 0.944. The molecule has 0 amide bonds. The van der Waals surface area contributed by atoms with Crippen LogP contribution in [0, 0.1) is 0 Å². The number of esters is 2. The summed E-state index contributed by atoms with van der Waals surface area (Å²) < 4.78 is 49.1. The molecular formula is C36H70O16P2S. The zero-order valence-corrected chi connectivity index (χ0v) is 35.3. The van der Waals surface area contributed by atoms with E-state index in [0.29, 0.717) is 12.8 Å². The minimum absolute atomic E-state index is 0.0474. The molecule has 1 rings (SSSR count). The number of aliphatic hydroxyl groups excluding tert-OH is 4. The van der Waals surface area contributed by atoms with Gasteiger partial charge in [-0.2, -0.15) is 12.6 Å². The summed E-state index contributed by atoms with van der Waals surface area (Å²) in [6, 6.07) is 0. The van der Waals surface area contributed by atoms with Crippen LogP contribution in [0.2, 0.25) is 0 Å². The summed E-state index contributed by atoms with van der Waals surface area (Å²) in [7, 11) is -10.6. The predicted octanol–water partition coefficient (Wildman–Crippen LogP) is 5.80.